The van der Waals surface area contributed by atoms with Crippen molar-refractivity contribution in [2.75, 3.05) is 0 Å². The predicted octanol–water partition coefficient (Wildman–Crippen LogP) is 1.08. The molecule has 1 aromatic rings. The zero-order valence-corrected chi connectivity index (χ0v) is 7.18. The molecule has 1 heterocycles. The fourth-order valence-corrected chi connectivity index (χ4v) is 1.52. The van der Waals surface area contributed by atoms with Gasteiger partial charge in [0, 0.05) is 6.20 Å². The van der Waals surface area contributed by atoms with Crippen molar-refractivity contribution in [3.05, 3.63) is 22.8 Å². The molecule has 0 aromatic carbocycles. The van der Waals surface area contributed by atoms with Crippen LogP contribution >= 0.6 is 15.9 Å². The van der Waals surface area contributed by atoms with E-state index in [9.17, 15) is 8.76 Å². The second-order valence-corrected chi connectivity index (χ2v) is 3.24. The van der Waals surface area contributed by atoms with Crippen LogP contribution in [0.4, 0.5) is 0 Å². The van der Waals surface area contributed by atoms with Gasteiger partial charge in [0.1, 0.15) is 5.03 Å². The van der Waals surface area contributed by atoms with E-state index in [2.05, 4.69) is 20.9 Å². The van der Waals surface area contributed by atoms with Crippen LogP contribution in [-0.4, -0.2) is 13.7 Å². The summed E-state index contributed by atoms with van der Waals surface area (Å²) in [4.78, 5) is 3.62. The Morgan fingerprint density at radius 3 is 2.80 bits per heavy atom. The summed E-state index contributed by atoms with van der Waals surface area (Å²) in [5, 5.41) is 0.0440. The van der Waals surface area contributed by atoms with Gasteiger partial charge in [0.15, 0.2) is 0 Å². The average Bonchev–Trinajstić information content (AvgIpc) is 1.88. The zero-order chi connectivity index (χ0) is 7.56. The number of aromatic nitrogens is 1. The van der Waals surface area contributed by atoms with Gasteiger partial charge in [-0.2, -0.15) is 0 Å². The maximum atomic E-state index is 10.3. The van der Waals surface area contributed by atoms with Crippen LogP contribution in [0.3, 0.4) is 0 Å². The Labute approximate surface area is 68.9 Å². The predicted molar refractivity (Wildman–Crippen MR) is 39.1 cm³/mol. The Hall–Kier alpha value is -0.260. The van der Waals surface area contributed by atoms with Crippen molar-refractivity contribution >= 4 is 27.0 Å². The van der Waals surface area contributed by atoms with Crippen molar-refractivity contribution in [1.29, 1.82) is 0 Å². The molecule has 0 fully saturated rings. The normalized spacial score (nSPS) is 13.0. The van der Waals surface area contributed by atoms with Crippen LogP contribution in [0.25, 0.3) is 0 Å². The summed E-state index contributed by atoms with van der Waals surface area (Å²) in [6.45, 7) is 0. The number of rotatable bonds is 1. The summed E-state index contributed by atoms with van der Waals surface area (Å²) < 4.78 is 21.1. The lowest BCUT2D eigenvalue weighted by molar-refractivity contribution is 0.533. The van der Waals surface area contributed by atoms with Crippen molar-refractivity contribution in [3.8, 4) is 0 Å². The zero-order valence-electron chi connectivity index (χ0n) is 4.78. The molecule has 0 saturated heterocycles. The molecule has 0 N–H and O–H groups in total. The first kappa shape index (κ1) is 7.84. The van der Waals surface area contributed by atoms with E-state index in [1.54, 1.807) is 12.1 Å². The van der Waals surface area contributed by atoms with Gasteiger partial charge in [-0.1, -0.05) is 0 Å². The number of halogens is 1. The Balaban J connectivity index is 3.15. The summed E-state index contributed by atoms with van der Waals surface area (Å²) in [6.07, 6.45) is 1.43. The lowest BCUT2D eigenvalue weighted by atomic mass is 10.5. The van der Waals surface area contributed by atoms with Crippen molar-refractivity contribution in [1.82, 2.24) is 4.98 Å². The highest BCUT2D eigenvalue weighted by molar-refractivity contribution is 9.10. The van der Waals surface area contributed by atoms with Gasteiger partial charge in [0.05, 0.1) is 4.47 Å². The third kappa shape index (κ3) is 1.62. The first-order valence-corrected chi connectivity index (χ1v) is 4.28. The molecule has 10 heavy (non-hydrogen) atoms. The van der Waals surface area contributed by atoms with Gasteiger partial charge in [-0.3, -0.25) is 4.21 Å². The van der Waals surface area contributed by atoms with Gasteiger partial charge < -0.3 is 4.55 Å². The van der Waals surface area contributed by atoms with Crippen molar-refractivity contribution < 1.29 is 8.76 Å². The molecule has 0 aliphatic heterocycles. The highest BCUT2D eigenvalue weighted by Crippen LogP contribution is 2.15. The summed E-state index contributed by atoms with van der Waals surface area (Å²) in [5.41, 5.74) is 0. The van der Waals surface area contributed by atoms with Crippen LogP contribution in [0.15, 0.2) is 27.8 Å². The monoisotopic (exact) mass is 220 g/mol. The minimum Gasteiger partial charge on any atom is -0.767 e. The number of hydrogen-bond donors (Lipinski definition) is 0. The van der Waals surface area contributed by atoms with Gasteiger partial charge in [0.25, 0.3) is 0 Å². The molecule has 0 aliphatic rings. The van der Waals surface area contributed by atoms with Crippen LogP contribution in [0.1, 0.15) is 0 Å². The first-order chi connectivity index (χ1) is 4.72. The van der Waals surface area contributed by atoms with Crippen LogP contribution in [0.2, 0.25) is 0 Å². The molecule has 1 unspecified atom stereocenters. The smallest absolute Gasteiger partial charge is 0.127 e. The van der Waals surface area contributed by atoms with E-state index in [0.29, 0.717) is 4.47 Å². The average molecular weight is 221 g/mol. The molecule has 0 radical (unpaired) electrons. The van der Waals surface area contributed by atoms with Crippen molar-refractivity contribution in [2.24, 2.45) is 0 Å². The molecule has 0 bridgehead atoms. The Bertz CT molecular complexity index is 266. The molecule has 54 valence electrons. The fourth-order valence-electron chi connectivity index (χ4n) is 0.494. The maximum Gasteiger partial charge on any atom is 0.127 e. The van der Waals surface area contributed by atoms with Gasteiger partial charge in [-0.25, -0.2) is 4.98 Å². The van der Waals surface area contributed by atoms with E-state index in [1.807, 2.05) is 0 Å². The molecule has 0 saturated carbocycles. The van der Waals surface area contributed by atoms with E-state index >= 15 is 0 Å². The maximum absolute atomic E-state index is 10.3. The summed E-state index contributed by atoms with van der Waals surface area (Å²) in [7, 11) is 0. The second kappa shape index (κ2) is 3.23. The summed E-state index contributed by atoms with van der Waals surface area (Å²) >= 11 is 0.793. The lowest BCUT2D eigenvalue weighted by Gasteiger charge is -2.03. The van der Waals surface area contributed by atoms with Crippen LogP contribution in [-0.2, 0) is 11.1 Å². The third-order valence-corrected chi connectivity index (χ3v) is 2.43. The van der Waals surface area contributed by atoms with Gasteiger partial charge in [0.2, 0.25) is 0 Å². The summed E-state index contributed by atoms with van der Waals surface area (Å²) in [5.74, 6) is 0. The topological polar surface area (TPSA) is 53.0 Å². The molecular weight excluding hydrogens is 218 g/mol. The highest BCUT2D eigenvalue weighted by atomic mass is 79.9. The first-order valence-electron chi connectivity index (χ1n) is 2.41. The van der Waals surface area contributed by atoms with E-state index in [-0.39, 0.29) is 5.03 Å². The molecule has 3 nitrogen and oxygen atoms in total. The minimum absolute atomic E-state index is 0.0440. The van der Waals surface area contributed by atoms with Crippen LogP contribution in [0.5, 0.6) is 0 Å². The fraction of sp³-hybridized carbons (Fsp3) is 0. The molecule has 1 atom stereocenters. The van der Waals surface area contributed by atoms with Gasteiger partial charge in [-0.05, 0) is 39.1 Å². The quantitative estimate of drug-likeness (QED) is 0.666. The molecule has 0 aliphatic carbocycles. The van der Waals surface area contributed by atoms with E-state index < -0.39 is 11.1 Å². The van der Waals surface area contributed by atoms with Crippen LogP contribution < -0.4 is 0 Å². The highest BCUT2D eigenvalue weighted by Gasteiger charge is 1.97. The largest absolute Gasteiger partial charge is 0.767 e. The standard InChI is InChI=1S/C5H4BrNO2S/c6-4-2-1-3-7-5(4)10(8)9/h1-3H,(H,8,9)/p-1. The van der Waals surface area contributed by atoms with E-state index in [4.69, 9.17) is 0 Å². The van der Waals surface area contributed by atoms with Gasteiger partial charge in [-0.15, -0.1) is 0 Å². The molecule has 0 spiro atoms. The van der Waals surface area contributed by atoms with Gasteiger partial charge >= 0.3 is 0 Å². The molecule has 5 heteroatoms. The molecule has 1 rings (SSSR count). The molecule has 0 amide bonds. The van der Waals surface area contributed by atoms with E-state index in [0.717, 1.165) is 0 Å². The lowest BCUT2D eigenvalue weighted by Crippen LogP contribution is -1.92. The Morgan fingerprint density at radius 1 is 1.70 bits per heavy atom. The van der Waals surface area contributed by atoms with Crippen molar-refractivity contribution in [2.45, 2.75) is 5.03 Å². The van der Waals surface area contributed by atoms with Crippen LogP contribution in [0, 0.1) is 0 Å². The molecular formula is C5H3BrNO2S-. The molecule has 1 aromatic heterocycles. The SMILES string of the molecule is O=S([O-])c1ncccc1Br. The van der Waals surface area contributed by atoms with E-state index in [1.165, 1.54) is 6.20 Å². The number of hydrogen-bond acceptors (Lipinski definition) is 3. The summed E-state index contributed by atoms with van der Waals surface area (Å²) in [6, 6.07) is 3.28. The number of nitrogens with zero attached hydrogens (tertiary/aromatic N) is 1. The Kier molecular flexibility index (Phi) is 2.53. The second-order valence-electron chi connectivity index (χ2n) is 1.53. The number of pyridine rings is 1. The third-order valence-electron chi connectivity index (χ3n) is 0.883. The van der Waals surface area contributed by atoms with Crippen molar-refractivity contribution in [3.63, 3.8) is 0 Å². The minimum atomic E-state index is -2.25. The Morgan fingerprint density at radius 2 is 2.40 bits per heavy atom.